The van der Waals surface area contributed by atoms with Gasteiger partial charge in [-0.15, -0.1) is 0 Å². The minimum absolute atomic E-state index is 0.569. The van der Waals surface area contributed by atoms with Crippen LogP contribution in [0.25, 0.3) is 5.69 Å². The highest BCUT2D eigenvalue weighted by Gasteiger charge is 2.04. The highest BCUT2D eigenvalue weighted by molar-refractivity contribution is 5.73. The van der Waals surface area contributed by atoms with Crippen LogP contribution in [-0.4, -0.2) is 16.1 Å². The van der Waals surface area contributed by atoms with Gasteiger partial charge in [0.25, 0.3) is 0 Å². The molecule has 0 aliphatic rings. The number of benzene rings is 1. The number of aromatic nitrogens is 2. The third-order valence-electron chi connectivity index (χ3n) is 2.24. The molecule has 1 aromatic heterocycles. The maximum Gasteiger partial charge on any atom is 0.168 e. The first kappa shape index (κ1) is 9.65. The van der Waals surface area contributed by atoms with Crippen LogP contribution < -0.4 is 0 Å². The summed E-state index contributed by atoms with van der Waals surface area (Å²) in [5.41, 5.74) is 3.83. The minimum Gasteiger partial charge on any atom is -0.296 e. The Morgan fingerprint density at radius 2 is 1.87 bits per heavy atom. The first-order valence-corrected chi connectivity index (χ1v) is 4.78. The summed E-state index contributed by atoms with van der Waals surface area (Å²) in [6, 6.07) is 7.80. The minimum atomic E-state index is 0.569. The van der Waals surface area contributed by atoms with Crippen LogP contribution in [0.4, 0.5) is 0 Å². The molecule has 15 heavy (non-hydrogen) atoms. The molecule has 0 aliphatic carbocycles. The summed E-state index contributed by atoms with van der Waals surface area (Å²) >= 11 is 0. The van der Waals surface area contributed by atoms with E-state index in [-0.39, 0.29) is 0 Å². The number of aldehydes is 1. The van der Waals surface area contributed by atoms with E-state index in [2.05, 4.69) is 11.2 Å². The molecule has 76 valence electrons. The van der Waals surface area contributed by atoms with E-state index in [1.165, 1.54) is 0 Å². The number of hydrogen-bond donors (Lipinski definition) is 0. The molecule has 1 heterocycles. The van der Waals surface area contributed by atoms with E-state index in [9.17, 15) is 4.79 Å². The van der Waals surface area contributed by atoms with Crippen molar-refractivity contribution in [3.8, 4) is 5.69 Å². The van der Waals surface area contributed by atoms with Crippen molar-refractivity contribution < 1.29 is 4.79 Å². The Morgan fingerprint density at radius 3 is 2.47 bits per heavy atom. The van der Waals surface area contributed by atoms with Crippen LogP contribution in [0.3, 0.4) is 0 Å². The fourth-order valence-corrected chi connectivity index (χ4v) is 1.69. The van der Waals surface area contributed by atoms with Gasteiger partial charge < -0.3 is 0 Å². The third-order valence-corrected chi connectivity index (χ3v) is 2.24. The van der Waals surface area contributed by atoms with E-state index < -0.39 is 0 Å². The summed E-state index contributed by atoms with van der Waals surface area (Å²) < 4.78 is 1.65. The van der Waals surface area contributed by atoms with E-state index in [1.807, 2.05) is 26.0 Å². The molecule has 0 saturated carbocycles. The van der Waals surface area contributed by atoms with Crippen LogP contribution in [0.2, 0.25) is 0 Å². The zero-order valence-corrected chi connectivity index (χ0v) is 8.77. The lowest BCUT2D eigenvalue weighted by Gasteiger charge is -2.06. The van der Waals surface area contributed by atoms with E-state index >= 15 is 0 Å². The van der Waals surface area contributed by atoms with Gasteiger partial charge in [-0.2, -0.15) is 5.10 Å². The van der Waals surface area contributed by atoms with Gasteiger partial charge in [-0.25, -0.2) is 4.68 Å². The number of carbonyl (C=O) groups is 1. The summed E-state index contributed by atoms with van der Waals surface area (Å²) in [4.78, 5) is 10.8. The molecular formula is C12H12N2O. The summed E-state index contributed by atoms with van der Waals surface area (Å²) in [6.45, 7) is 4.06. The Labute approximate surface area is 88.4 Å². The van der Waals surface area contributed by atoms with Crippen molar-refractivity contribution in [2.24, 2.45) is 0 Å². The van der Waals surface area contributed by atoms with Crippen LogP contribution in [0.15, 0.2) is 30.5 Å². The molecule has 3 nitrogen and oxygen atoms in total. The van der Waals surface area contributed by atoms with Gasteiger partial charge >= 0.3 is 0 Å². The van der Waals surface area contributed by atoms with Crippen molar-refractivity contribution in [1.82, 2.24) is 9.78 Å². The van der Waals surface area contributed by atoms with Crippen molar-refractivity contribution >= 4 is 6.29 Å². The number of carbonyl (C=O) groups excluding carboxylic acids is 1. The summed E-state index contributed by atoms with van der Waals surface area (Å²) in [7, 11) is 0. The van der Waals surface area contributed by atoms with E-state index in [0.29, 0.717) is 5.69 Å². The first-order valence-electron chi connectivity index (χ1n) is 4.78. The average molecular weight is 200 g/mol. The maximum absolute atomic E-state index is 10.8. The molecule has 0 amide bonds. The van der Waals surface area contributed by atoms with Crippen LogP contribution in [-0.2, 0) is 0 Å². The Balaban J connectivity index is 2.58. The number of nitrogens with zero attached hydrogens (tertiary/aromatic N) is 2. The third kappa shape index (κ3) is 1.81. The lowest BCUT2D eigenvalue weighted by atomic mass is 10.1. The summed E-state index contributed by atoms with van der Waals surface area (Å²) in [6.07, 6.45) is 2.44. The van der Waals surface area contributed by atoms with Gasteiger partial charge in [0, 0.05) is 0 Å². The van der Waals surface area contributed by atoms with Crippen molar-refractivity contribution in [3.05, 3.63) is 47.3 Å². The highest BCUT2D eigenvalue weighted by Crippen LogP contribution is 2.14. The van der Waals surface area contributed by atoms with Gasteiger partial charge in [0.05, 0.1) is 11.9 Å². The normalized spacial score (nSPS) is 10.3. The molecule has 0 atom stereocenters. The lowest BCUT2D eigenvalue weighted by molar-refractivity contribution is 0.111. The molecule has 0 spiro atoms. The van der Waals surface area contributed by atoms with Gasteiger partial charge in [0.1, 0.15) is 5.69 Å². The summed E-state index contributed by atoms with van der Waals surface area (Å²) in [5.74, 6) is 0. The highest BCUT2D eigenvalue weighted by atomic mass is 16.1. The Bertz CT molecular complexity index is 480. The van der Waals surface area contributed by atoms with Crippen LogP contribution >= 0.6 is 0 Å². The van der Waals surface area contributed by atoms with E-state index in [4.69, 9.17) is 0 Å². The second-order valence-electron chi connectivity index (χ2n) is 3.63. The van der Waals surface area contributed by atoms with Crippen molar-refractivity contribution in [2.75, 3.05) is 0 Å². The molecule has 2 rings (SSSR count). The first-order chi connectivity index (χ1) is 7.20. The van der Waals surface area contributed by atoms with Crippen molar-refractivity contribution in [3.63, 3.8) is 0 Å². The SMILES string of the molecule is Cc1cc(C)cc(-n2nccc2C=O)c1. The number of hydrogen-bond acceptors (Lipinski definition) is 2. The second-order valence-corrected chi connectivity index (χ2v) is 3.63. The van der Waals surface area contributed by atoms with Crippen LogP contribution in [0.5, 0.6) is 0 Å². The van der Waals surface area contributed by atoms with Crippen LogP contribution in [0.1, 0.15) is 21.6 Å². The molecule has 0 unspecified atom stereocenters. The molecule has 0 radical (unpaired) electrons. The molecule has 2 aromatic rings. The molecule has 0 fully saturated rings. The maximum atomic E-state index is 10.8. The van der Waals surface area contributed by atoms with E-state index in [0.717, 1.165) is 23.1 Å². The fraction of sp³-hybridized carbons (Fsp3) is 0.167. The Morgan fingerprint density at radius 1 is 1.20 bits per heavy atom. The smallest absolute Gasteiger partial charge is 0.168 e. The zero-order chi connectivity index (χ0) is 10.8. The van der Waals surface area contributed by atoms with Gasteiger partial charge in [0.15, 0.2) is 6.29 Å². The van der Waals surface area contributed by atoms with E-state index in [1.54, 1.807) is 16.9 Å². The molecule has 0 saturated heterocycles. The zero-order valence-electron chi connectivity index (χ0n) is 8.77. The molecule has 3 heteroatoms. The Hall–Kier alpha value is -1.90. The van der Waals surface area contributed by atoms with Gasteiger partial charge in [0.2, 0.25) is 0 Å². The predicted octanol–water partition coefficient (Wildman–Crippen LogP) is 2.30. The molecule has 1 aromatic carbocycles. The topological polar surface area (TPSA) is 34.9 Å². The summed E-state index contributed by atoms with van der Waals surface area (Å²) in [5, 5.41) is 4.12. The van der Waals surface area contributed by atoms with Crippen molar-refractivity contribution in [2.45, 2.75) is 13.8 Å². The number of aryl methyl sites for hydroxylation is 2. The van der Waals surface area contributed by atoms with Crippen molar-refractivity contribution in [1.29, 1.82) is 0 Å². The largest absolute Gasteiger partial charge is 0.296 e. The predicted molar refractivity (Wildman–Crippen MR) is 58.4 cm³/mol. The fourth-order valence-electron chi connectivity index (χ4n) is 1.69. The van der Waals surface area contributed by atoms with Gasteiger partial charge in [-0.05, 0) is 43.2 Å². The van der Waals surface area contributed by atoms with Gasteiger partial charge in [-0.3, -0.25) is 4.79 Å². The van der Waals surface area contributed by atoms with Gasteiger partial charge in [-0.1, -0.05) is 6.07 Å². The second kappa shape index (κ2) is 3.69. The average Bonchev–Trinajstić information content (AvgIpc) is 2.63. The standard InChI is InChI=1S/C12H12N2O/c1-9-5-10(2)7-12(6-9)14-11(8-15)3-4-13-14/h3-8H,1-2H3. The number of rotatable bonds is 2. The molecular weight excluding hydrogens is 188 g/mol. The lowest BCUT2D eigenvalue weighted by Crippen LogP contribution is -2.01. The quantitative estimate of drug-likeness (QED) is 0.697. The van der Waals surface area contributed by atoms with Crippen LogP contribution in [0, 0.1) is 13.8 Å². The monoisotopic (exact) mass is 200 g/mol. The molecule has 0 N–H and O–H groups in total. The molecule has 0 bridgehead atoms. The Kier molecular flexibility index (Phi) is 2.37. The molecule has 0 aliphatic heterocycles.